The highest BCUT2D eigenvalue weighted by atomic mass is 32.1. The van der Waals surface area contributed by atoms with Crippen LogP contribution < -0.4 is 10.2 Å². The highest BCUT2D eigenvalue weighted by Gasteiger charge is 2.38. The normalized spacial score (nSPS) is 17.9. The highest BCUT2D eigenvalue weighted by molar-refractivity contribution is 7.09. The Labute approximate surface area is 187 Å². The summed E-state index contributed by atoms with van der Waals surface area (Å²) in [5.41, 5.74) is 2.08. The first-order chi connectivity index (χ1) is 14.9. The lowest BCUT2D eigenvalue weighted by atomic mass is 10.0. The quantitative estimate of drug-likeness (QED) is 0.549. The summed E-state index contributed by atoms with van der Waals surface area (Å²) < 4.78 is 0. The molecule has 2 aromatic rings. The molecule has 2 heterocycles. The molecule has 0 saturated carbocycles. The number of carbonyl (C=O) groups is 2. The van der Waals surface area contributed by atoms with Gasteiger partial charge in [0, 0.05) is 37.2 Å². The first-order valence-electron chi connectivity index (χ1n) is 10.7. The van der Waals surface area contributed by atoms with Crippen LogP contribution in [0.2, 0.25) is 0 Å². The second-order valence-electron chi connectivity index (χ2n) is 7.81. The molecule has 1 aliphatic rings. The fraction of sp³-hybridized carbons (Fsp3) is 0.478. The van der Waals surface area contributed by atoms with Gasteiger partial charge in [-0.05, 0) is 55.3 Å². The number of nitrogens with zero attached hydrogens (tertiary/aromatic N) is 2. The maximum Gasteiger partial charge on any atom is 0.255 e. The predicted molar refractivity (Wildman–Crippen MR) is 122 cm³/mol. The maximum absolute atomic E-state index is 12.9. The minimum absolute atomic E-state index is 0.169. The Balaban J connectivity index is 1.58. The molecule has 1 unspecified atom stereocenters. The molecular weight excluding hydrogens is 414 g/mol. The lowest BCUT2D eigenvalue weighted by Gasteiger charge is -2.29. The monoisotopic (exact) mass is 445 g/mol. The van der Waals surface area contributed by atoms with Gasteiger partial charge in [0.1, 0.15) is 0 Å². The van der Waals surface area contributed by atoms with Crippen molar-refractivity contribution in [1.29, 1.82) is 0 Å². The third-order valence-electron chi connectivity index (χ3n) is 5.80. The summed E-state index contributed by atoms with van der Waals surface area (Å²) >= 11 is 1.59. The first-order valence-corrected chi connectivity index (χ1v) is 11.6. The molecule has 1 aromatic heterocycles. The van der Waals surface area contributed by atoms with Gasteiger partial charge in [0.25, 0.3) is 11.8 Å². The zero-order valence-electron chi connectivity index (χ0n) is 18.0. The Hall–Kier alpha value is -2.42. The number of nitrogens with one attached hydrogen (secondary N) is 1. The van der Waals surface area contributed by atoms with Crippen molar-refractivity contribution in [3.05, 3.63) is 52.2 Å². The largest absolute Gasteiger partial charge is 0.380 e. The number of aliphatic hydroxyl groups is 2. The van der Waals surface area contributed by atoms with Crippen molar-refractivity contribution in [2.24, 2.45) is 0 Å². The van der Waals surface area contributed by atoms with E-state index in [9.17, 15) is 19.8 Å². The molecule has 168 valence electrons. The molecule has 1 aliphatic heterocycles. The molecule has 1 aromatic carbocycles. The zero-order valence-corrected chi connectivity index (χ0v) is 18.8. The van der Waals surface area contributed by atoms with Crippen molar-refractivity contribution >= 4 is 28.8 Å². The van der Waals surface area contributed by atoms with Gasteiger partial charge in [-0.1, -0.05) is 18.2 Å². The second kappa shape index (κ2) is 10.7. The van der Waals surface area contributed by atoms with Crippen LogP contribution in [0.25, 0.3) is 0 Å². The van der Waals surface area contributed by atoms with E-state index in [-0.39, 0.29) is 6.04 Å². The lowest BCUT2D eigenvalue weighted by Crippen LogP contribution is -2.50. The van der Waals surface area contributed by atoms with E-state index in [1.807, 2.05) is 48.8 Å². The van der Waals surface area contributed by atoms with Gasteiger partial charge < -0.3 is 25.3 Å². The molecule has 3 N–H and O–H groups in total. The van der Waals surface area contributed by atoms with Gasteiger partial charge in [-0.15, -0.1) is 11.3 Å². The third kappa shape index (κ3) is 5.64. The van der Waals surface area contributed by atoms with Crippen LogP contribution >= 0.6 is 11.3 Å². The summed E-state index contributed by atoms with van der Waals surface area (Å²) in [7, 11) is 2.02. The summed E-state index contributed by atoms with van der Waals surface area (Å²) in [6.07, 6.45) is -1.35. The van der Waals surface area contributed by atoms with Crippen LogP contribution in [0.15, 0.2) is 41.8 Å². The molecule has 0 aliphatic carbocycles. The van der Waals surface area contributed by atoms with Crippen molar-refractivity contribution in [2.45, 2.75) is 44.4 Å². The first kappa shape index (κ1) is 23.2. The Morgan fingerprint density at radius 2 is 1.97 bits per heavy atom. The fourth-order valence-electron chi connectivity index (χ4n) is 3.83. The molecule has 0 bridgehead atoms. The molecule has 8 heteroatoms. The Morgan fingerprint density at radius 3 is 2.61 bits per heavy atom. The summed E-state index contributed by atoms with van der Waals surface area (Å²) in [6.45, 7) is 3.80. The number of aliphatic hydroxyl groups excluding tert-OH is 2. The smallest absolute Gasteiger partial charge is 0.255 e. The number of anilines is 1. The predicted octanol–water partition coefficient (Wildman–Crippen LogP) is 1.95. The molecule has 7 nitrogen and oxygen atoms in total. The SMILES string of the molecule is CCN(C)c1ccc(C2CCCN2C(=O)[C@H](O)[C@@H](O)C(=O)NCCc2cccs2)cc1. The second-order valence-corrected chi connectivity index (χ2v) is 8.84. The molecular formula is C23H31N3O4S. The average Bonchev–Trinajstić information content (AvgIpc) is 3.49. The molecule has 1 fully saturated rings. The van der Waals surface area contributed by atoms with Crippen molar-refractivity contribution in [2.75, 3.05) is 31.6 Å². The van der Waals surface area contributed by atoms with Crippen molar-refractivity contribution in [1.82, 2.24) is 10.2 Å². The maximum atomic E-state index is 12.9. The van der Waals surface area contributed by atoms with E-state index in [1.54, 1.807) is 16.2 Å². The van der Waals surface area contributed by atoms with Gasteiger partial charge in [-0.25, -0.2) is 0 Å². The minimum Gasteiger partial charge on any atom is -0.380 e. The van der Waals surface area contributed by atoms with E-state index in [1.165, 1.54) is 0 Å². The summed E-state index contributed by atoms with van der Waals surface area (Å²) in [5, 5.41) is 25.2. The average molecular weight is 446 g/mol. The number of carbonyl (C=O) groups excluding carboxylic acids is 2. The van der Waals surface area contributed by atoms with E-state index in [0.29, 0.717) is 19.5 Å². The molecule has 3 rings (SSSR count). The van der Waals surface area contributed by atoms with Gasteiger partial charge in [0.2, 0.25) is 0 Å². The zero-order chi connectivity index (χ0) is 22.4. The molecule has 1 saturated heterocycles. The van der Waals surface area contributed by atoms with Crippen LogP contribution in [0.5, 0.6) is 0 Å². The number of hydrogen-bond donors (Lipinski definition) is 3. The van der Waals surface area contributed by atoms with Gasteiger partial charge in [0.15, 0.2) is 12.2 Å². The molecule has 0 radical (unpaired) electrons. The van der Waals surface area contributed by atoms with E-state index in [0.717, 1.165) is 35.5 Å². The number of rotatable bonds is 9. The summed E-state index contributed by atoms with van der Waals surface area (Å²) in [5.74, 6) is -1.35. The molecule has 2 amide bonds. The van der Waals surface area contributed by atoms with Gasteiger partial charge >= 0.3 is 0 Å². The number of hydrogen-bond acceptors (Lipinski definition) is 6. The van der Waals surface area contributed by atoms with Crippen LogP contribution in [-0.4, -0.2) is 65.8 Å². The van der Waals surface area contributed by atoms with Gasteiger partial charge in [-0.3, -0.25) is 9.59 Å². The number of amides is 2. The molecule has 3 atom stereocenters. The van der Waals surface area contributed by atoms with Crippen LogP contribution in [0.1, 0.15) is 36.2 Å². The molecule has 31 heavy (non-hydrogen) atoms. The summed E-state index contributed by atoms with van der Waals surface area (Å²) in [4.78, 5) is 29.9. The molecule has 0 spiro atoms. The number of benzene rings is 1. The van der Waals surface area contributed by atoms with Gasteiger partial charge in [-0.2, -0.15) is 0 Å². The van der Waals surface area contributed by atoms with E-state index < -0.39 is 24.0 Å². The summed E-state index contributed by atoms with van der Waals surface area (Å²) in [6, 6.07) is 11.8. The third-order valence-corrected chi connectivity index (χ3v) is 6.74. The fourth-order valence-corrected chi connectivity index (χ4v) is 4.54. The van der Waals surface area contributed by atoms with Crippen LogP contribution in [0.3, 0.4) is 0 Å². The lowest BCUT2D eigenvalue weighted by molar-refractivity contribution is -0.153. The van der Waals surface area contributed by atoms with Crippen molar-refractivity contribution in [3.8, 4) is 0 Å². The van der Waals surface area contributed by atoms with Crippen LogP contribution in [-0.2, 0) is 16.0 Å². The number of thiophene rings is 1. The number of likely N-dealkylation sites (tertiary alicyclic amines) is 1. The van der Waals surface area contributed by atoms with Crippen LogP contribution in [0, 0.1) is 0 Å². The van der Waals surface area contributed by atoms with E-state index in [4.69, 9.17) is 0 Å². The highest BCUT2D eigenvalue weighted by Crippen LogP contribution is 2.33. The van der Waals surface area contributed by atoms with E-state index in [2.05, 4.69) is 17.1 Å². The van der Waals surface area contributed by atoms with E-state index >= 15 is 0 Å². The Kier molecular flexibility index (Phi) is 8.06. The standard InChI is InChI=1S/C23H31N3O4S/c1-3-25(2)17-10-8-16(9-11-17)19-7-4-14-26(19)23(30)21(28)20(27)22(29)24-13-12-18-6-5-15-31-18/h5-6,8-11,15,19-21,27-28H,3-4,7,12-14H2,1-2H3,(H,24,29)/t19?,20-,21-/m1/s1. The van der Waals surface area contributed by atoms with Crippen LogP contribution in [0.4, 0.5) is 5.69 Å². The Bertz CT molecular complexity index is 856. The topological polar surface area (TPSA) is 93.1 Å². The van der Waals surface area contributed by atoms with Gasteiger partial charge in [0.05, 0.1) is 6.04 Å². The minimum atomic E-state index is -1.79. The van der Waals surface area contributed by atoms with Crippen molar-refractivity contribution < 1.29 is 19.8 Å². The van der Waals surface area contributed by atoms with Crippen molar-refractivity contribution in [3.63, 3.8) is 0 Å². The Morgan fingerprint density at radius 1 is 1.23 bits per heavy atom.